The van der Waals surface area contributed by atoms with Gasteiger partial charge in [0.1, 0.15) is 5.82 Å². The number of hydrogen-bond donors (Lipinski definition) is 2. The van der Waals surface area contributed by atoms with Crippen LogP contribution in [0.15, 0.2) is 12.4 Å². The monoisotopic (exact) mass is 141 g/mol. The Bertz CT molecular complexity index is 191. The summed E-state index contributed by atoms with van der Waals surface area (Å²) in [6, 6.07) is -0.928. The highest BCUT2D eigenvalue weighted by atomic mass is 16.2. The van der Waals surface area contributed by atoms with Crippen LogP contribution in [0, 0.1) is 0 Å². The maximum atomic E-state index is 10.7. The third kappa shape index (κ3) is 0.928. The summed E-state index contributed by atoms with van der Waals surface area (Å²) in [6.07, 6.45) is 0. The second-order valence-electron chi connectivity index (χ2n) is 1.90. The maximum Gasteiger partial charge on any atom is 0.330 e. The first-order chi connectivity index (χ1) is 4.61. The number of imide groups is 1. The number of hydrogen-bond acceptors (Lipinski definition) is 2. The first-order valence-electron chi connectivity index (χ1n) is 2.66. The zero-order valence-corrected chi connectivity index (χ0v) is 5.47. The molecule has 0 bridgehead atoms. The van der Waals surface area contributed by atoms with Crippen LogP contribution in [-0.4, -0.2) is 24.0 Å². The number of amides is 4. The van der Waals surface area contributed by atoms with Gasteiger partial charge in [-0.3, -0.25) is 10.6 Å². The molecule has 5 nitrogen and oxygen atoms in total. The fourth-order valence-electron chi connectivity index (χ4n) is 0.549. The molecule has 1 rings (SSSR count). The molecule has 0 saturated carbocycles. The lowest BCUT2D eigenvalue weighted by Gasteiger charge is -2.23. The summed E-state index contributed by atoms with van der Waals surface area (Å²) in [4.78, 5) is 22.3. The normalized spacial score (nSPS) is 18.5. The van der Waals surface area contributed by atoms with Gasteiger partial charge in [-0.05, 0) is 0 Å². The molecule has 0 atom stereocenters. The molecule has 10 heavy (non-hydrogen) atoms. The number of urea groups is 2. The van der Waals surface area contributed by atoms with Gasteiger partial charge in [-0.25, -0.2) is 14.5 Å². The van der Waals surface area contributed by atoms with Gasteiger partial charge in [0.25, 0.3) is 0 Å². The first kappa shape index (κ1) is 6.60. The fraction of sp³-hybridized carbons (Fsp3) is 0.200. The summed E-state index contributed by atoms with van der Waals surface area (Å²) in [7, 11) is 1.37. The minimum atomic E-state index is -0.464. The van der Waals surface area contributed by atoms with Gasteiger partial charge in [-0.15, -0.1) is 0 Å². The molecule has 1 aliphatic rings. The van der Waals surface area contributed by atoms with Crippen LogP contribution >= 0.6 is 0 Å². The Morgan fingerprint density at radius 3 is 2.10 bits per heavy atom. The first-order valence-corrected chi connectivity index (χ1v) is 2.66. The minimum Gasteiger partial charge on any atom is -0.294 e. The van der Waals surface area contributed by atoms with Crippen molar-refractivity contribution in [3.05, 3.63) is 12.4 Å². The lowest BCUT2D eigenvalue weighted by atomic mass is 10.6. The Hall–Kier alpha value is -1.52. The fourth-order valence-corrected chi connectivity index (χ4v) is 0.549. The molecule has 0 aromatic heterocycles. The second-order valence-corrected chi connectivity index (χ2v) is 1.90. The van der Waals surface area contributed by atoms with Gasteiger partial charge in [-0.2, -0.15) is 0 Å². The average Bonchev–Trinajstić information content (AvgIpc) is 1.82. The SMILES string of the molecule is C=C1NC(=O)N(C)C(=O)N1. The third-order valence-electron chi connectivity index (χ3n) is 1.12. The summed E-state index contributed by atoms with van der Waals surface area (Å²) >= 11 is 0. The molecule has 1 saturated heterocycles. The van der Waals surface area contributed by atoms with E-state index in [1.807, 2.05) is 0 Å². The Labute approximate surface area is 57.7 Å². The molecule has 0 aliphatic carbocycles. The number of carbonyl (C=O) groups is 2. The van der Waals surface area contributed by atoms with Crippen molar-refractivity contribution in [1.29, 1.82) is 0 Å². The van der Waals surface area contributed by atoms with E-state index in [-0.39, 0.29) is 5.82 Å². The maximum absolute atomic E-state index is 10.7. The molecule has 5 heteroatoms. The Morgan fingerprint density at radius 2 is 1.70 bits per heavy atom. The van der Waals surface area contributed by atoms with E-state index >= 15 is 0 Å². The van der Waals surface area contributed by atoms with Crippen LogP contribution in [0.1, 0.15) is 0 Å². The van der Waals surface area contributed by atoms with E-state index in [2.05, 4.69) is 17.2 Å². The van der Waals surface area contributed by atoms with Crippen LogP contribution in [-0.2, 0) is 0 Å². The van der Waals surface area contributed by atoms with E-state index in [4.69, 9.17) is 0 Å². The predicted molar refractivity (Wildman–Crippen MR) is 34.0 cm³/mol. The van der Waals surface area contributed by atoms with Gasteiger partial charge < -0.3 is 0 Å². The predicted octanol–water partition coefficient (Wildman–Crippen LogP) is -0.178. The van der Waals surface area contributed by atoms with Crippen molar-refractivity contribution in [3.63, 3.8) is 0 Å². The van der Waals surface area contributed by atoms with Crippen LogP contribution < -0.4 is 10.6 Å². The van der Waals surface area contributed by atoms with E-state index in [0.717, 1.165) is 4.90 Å². The zero-order valence-electron chi connectivity index (χ0n) is 5.47. The molecule has 0 spiro atoms. The van der Waals surface area contributed by atoms with Gasteiger partial charge in [0.2, 0.25) is 0 Å². The number of nitrogens with one attached hydrogen (secondary N) is 2. The van der Waals surface area contributed by atoms with Crippen LogP contribution in [0.5, 0.6) is 0 Å². The van der Waals surface area contributed by atoms with Crippen molar-refractivity contribution < 1.29 is 9.59 Å². The van der Waals surface area contributed by atoms with E-state index in [1.165, 1.54) is 7.05 Å². The van der Waals surface area contributed by atoms with Gasteiger partial charge in [0.15, 0.2) is 0 Å². The van der Waals surface area contributed by atoms with E-state index in [9.17, 15) is 9.59 Å². The van der Waals surface area contributed by atoms with Crippen LogP contribution in [0.3, 0.4) is 0 Å². The van der Waals surface area contributed by atoms with Gasteiger partial charge in [-0.1, -0.05) is 6.58 Å². The Balaban J connectivity index is 2.76. The second kappa shape index (κ2) is 2.02. The molecule has 1 heterocycles. The quantitative estimate of drug-likeness (QED) is 0.491. The molecule has 4 amide bonds. The molecule has 0 aromatic carbocycles. The van der Waals surface area contributed by atoms with Gasteiger partial charge >= 0.3 is 12.1 Å². The van der Waals surface area contributed by atoms with E-state index < -0.39 is 12.1 Å². The van der Waals surface area contributed by atoms with Crippen molar-refractivity contribution in [2.45, 2.75) is 0 Å². The van der Waals surface area contributed by atoms with Gasteiger partial charge in [0, 0.05) is 7.05 Å². The standard InChI is InChI=1S/C5H7N3O2/c1-3-6-4(9)8(2)5(10)7-3/h1H2,2H3,(H,6,9)(H,7,10). The number of rotatable bonds is 0. The van der Waals surface area contributed by atoms with Crippen molar-refractivity contribution in [2.75, 3.05) is 7.05 Å². The van der Waals surface area contributed by atoms with Gasteiger partial charge in [0.05, 0.1) is 0 Å². The molecule has 0 radical (unpaired) electrons. The summed E-state index contributed by atoms with van der Waals surface area (Å²) < 4.78 is 0. The molecule has 0 unspecified atom stereocenters. The molecular weight excluding hydrogens is 134 g/mol. The summed E-state index contributed by atoms with van der Waals surface area (Å²) in [5.74, 6) is 0.216. The largest absolute Gasteiger partial charge is 0.330 e. The van der Waals surface area contributed by atoms with Crippen molar-refractivity contribution in [3.8, 4) is 0 Å². The molecule has 0 aromatic rings. The molecule has 1 aliphatic heterocycles. The summed E-state index contributed by atoms with van der Waals surface area (Å²) in [5, 5.41) is 4.64. The lowest BCUT2D eigenvalue weighted by molar-refractivity contribution is 0.190. The number of carbonyl (C=O) groups excluding carboxylic acids is 2. The molecular formula is C5H7N3O2. The van der Waals surface area contributed by atoms with Crippen LogP contribution in [0.25, 0.3) is 0 Å². The van der Waals surface area contributed by atoms with E-state index in [1.54, 1.807) is 0 Å². The summed E-state index contributed by atoms with van der Waals surface area (Å²) in [5.41, 5.74) is 0. The topological polar surface area (TPSA) is 61.4 Å². The Kier molecular flexibility index (Phi) is 1.33. The summed E-state index contributed by atoms with van der Waals surface area (Å²) in [6.45, 7) is 3.36. The Morgan fingerprint density at radius 1 is 1.30 bits per heavy atom. The highest BCUT2D eigenvalue weighted by molar-refractivity contribution is 5.97. The highest BCUT2D eigenvalue weighted by Crippen LogP contribution is 1.95. The highest BCUT2D eigenvalue weighted by Gasteiger charge is 2.22. The smallest absolute Gasteiger partial charge is 0.294 e. The average molecular weight is 141 g/mol. The lowest BCUT2D eigenvalue weighted by Crippen LogP contribution is -2.53. The van der Waals surface area contributed by atoms with E-state index in [0.29, 0.717) is 0 Å². The van der Waals surface area contributed by atoms with Crippen LogP contribution in [0.2, 0.25) is 0 Å². The number of nitrogens with zero attached hydrogens (tertiary/aromatic N) is 1. The molecule has 2 N–H and O–H groups in total. The zero-order chi connectivity index (χ0) is 7.72. The minimum absolute atomic E-state index is 0.216. The van der Waals surface area contributed by atoms with Crippen LogP contribution in [0.4, 0.5) is 9.59 Å². The molecule has 1 fully saturated rings. The van der Waals surface area contributed by atoms with Crippen molar-refractivity contribution >= 4 is 12.1 Å². The van der Waals surface area contributed by atoms with Crippen molar-refractivity contribution in [1.82, 2.24) is 15.5 Å². The molecule has 54 valence electrons. The van der Waals surface area contributed by atoms with Crippen molar-refractivity contribution in [2.24, 2.45) is 0 Å². The third-order valence-corrected chi connectivity index (χ3v) is 1.12.